The summed E-state index contributed by atoms with van der Waals surface area (Å²) in [7, 11) is 0. The molecule has 2 aromatic heterocycles. The standard InChI is InChI=1S/C23H25NO6S/c1-14-11-18(7-6-17(14)12-23(22(25)26)28-9-4-10-29-23)27-13-19-16(3)30-21(24-19)20-8-5-15(2)31-20/h5-8,11H,4,9-10,12-13H2,1-3H3,(H,25,26). The van der Waals surface area contributed by atoms with Gasteiger partial charge >= 0.3 is 5.97 Å². The highest BCUT2D eigenvalue weighted by atomic mass is 32.1. The lowest BCUT2D eigenvalue weighted by molar-refractivity contribution is -0.265. The van der Waals surface area contributed by atoms with Crippen molar-refractivity contribution < 1.29 is 28.5 Å². The lowest BCUT2D eigenvalue weighted by Gasteiger charge is -2.33. The van der Waals surface area contributed by atoms with Gasteiger partial charge in [-0.15, -0.1) is 11.3 Å². The Morgan fingerprint density at radius 1 is 1.19 bits per heavy atom. The maximum atomic E-state index is 11.8. The van der Waals surface area contributed by atoms with Crippen LogP contribution in [-0.2, 0) is 27.3 Å². The number of carboxylic acids is 1. The van der Waals surface area contributed by atoms with E-state index in [1.54, 1.807) is 11.3 Å². The Bertz CT molecular complexity index is 1080. The minimum absolute atomic E-state index is 0.139. The second-order valence-corrected chi connectivity index (χ2v) is 8.88. The minimum Gasteiger partial charge on any atom is -0.487 e. The Morgan fingerprint density at radius 2 is 1.97 bits per heavy atom. The SMILES string of the molecule is Cc1ccc(-c2nc(COc3ccc(CC4(C(=O)O)OCCCO4)c(C)c3)c(C)o2)s1. The molecule has 4 rings (SSSR count). The number of hydrogen-bond donors (Lipinski definition) is 1. The van der Waals surface area contributed by atoms with Gasteiger partial charge in [-0.3, -0.25) is 0 Å². The van der Waals surface area contributed by atoms with E-state index in [0.717, 1.165) is 27.5 Å². The zero-order valence-electron chi connectivity index (χ0n) is 17.8. The Morgan fingerprint density at radius 3 is 2.61 bits per heavy atom. The molecule has 0 saturated carbocycles. The van der Waals surface area contributed by atoms with Crippen molar-refractivity contribution in [1.82, 2.24) is 4.98 Å². The summed E-state index contributed by atoms with van der Waals surface area (Å²) in [5, 5.41) is 9.63. The molecule has 1 aromatic carbocycles. The lowest BCUT2D eigenvalue weighted by atomic mass is 9.99. The van der Waals surface area contributed by atoms with E-state index in [4.69, 9.17) is 18.6 Å². The molecule has 0 aliphatic carbocycles. The first-order chi connectivity index (χ1) is 14.9. The van der Waals surface area contributed by atoms with Crippen LogP contribution in [-0.4, -0.2) is 35.1 Å². The van der Waals surface area contributed by atoms with Gasteiger partial charge in [0.1, 0.15) is 23.8 Å². The molecule has 0 spiro atoms. The van der Waals surface area contributed by atoms with E-state index in [9.17, 15) is 9.90 Å². The van der Waals surface area contributed by atoms with Crippen molar-refractivity contribution in [3.63, 3.8) is 0 Å². The summed E-state index contributed by atoms with van der Waals surface area (Å²) in [6.45, 7) is 6.86. The van der Waals surface area contributed by atoms with Crippen molar-refractivity contribution in [3.05, 3.63) is 57.8 Å². The van der Waals surface area contributed by atoms with Crippen LogP contribution in [0.2, 0.25) is 0 Å². The van der Waals surface area contributed by atoms with Gasteiger partial charge in [0.15, 0.2) is 0 Å². The van der Waals surface area contributed by atoms with Gasteiger partial charge < -0.3 is 23.7 Å². The third-order valence-corrected chi connectivity index (χ3v) is 6.23. The summed E-state index contributed by atoms with van der Waals surface area (Å²) in [5.74, 6) is -0.728. The van der Waals surface area contributed by atoms with Gasteiger partial charge in [0.2, 0.25) is 5.89 Å². The van der Waals surface area contributed by atoms with E-state index in [2.05, 4.69) is 4.98 Å². The molecule has 164 valence electrons. The van der Waals surface area contributed by atoms with E-state index >= 15 is 0 Å². The van der Waals surface area contributed by atoms with Crippen molar-refractivity contribution in [3.8, 4) is 16.5 Å². The molecule has 31 heavy (non-hydrogen) atoms. The van der Waals surface area contributed by atoms with Crippen molar-refractivity contribution in [2.45, 2.75) is 46.0 Å². The smallest absolute Gasteiger partial charge is 0.364 e. The van der Waals surface area contributed by atoms with E-state index in [1.807, 2.05) is 51.1 Å². The number of aliphatic carboxylic acids is 1. The number of oxazole rings is 1. The van der Waals surface area contributed by atoms with Crippen LogP contribution in [0.1, 0.15) is 33.9 Å². The van der Waals surface area contributed by atoms with Crippen LogP contribution in [0.4, 0.5) is 0 Å². The molecule has 1 aliphatic heterocycles. The van der Waals surface area contributed by atoms with Crippen molar-refractivity contribution >= 4 is 17.3 Å². The van der Waals surface area contributed by atoms with E-state index < -0.39 is 11.8 Å². The second kappa shape index (κ2) is 8.82. The molecule has 1 N–H and O–H groups in total. The van der Waals surface area contributed by atoms with Crippen molar-refractivity contribution in [2.24, 2.45) is 0 Å². The monoisotopic (exact) mass is 443 g/mol. The Hall–Kier alpha value is -2.68. The zero-order valence-corrected chi connectivity index (χ0v) is 18.6. The number of rotatable bonds is 7. The Kier molecular flexibility index (Phi) is 6.13. The normalized spacial score (nSPS) is 15.7. The van der Waals surface area contributed by atoms with Gasteiger partial charge in [-0.05, 0) is 62.6 Å². The van der Waals surface area contributed by atoms with Gasteiger partial charge in [-0.25, -0.2) is 9.78 Å². The largest absolute Gasteiger partial charge is 0.487 e. The third kappa shape index (κ3) is 4.66. The van der Waals surface area contributed by atoms with E-state index in [1.165, 1.54) is 4.88 Å². The highest BCUT2D eigenvalue weighted by molar-refractivity contribution is 7.15. The fraction of sp³-hybridized carbons (Fsp3) is 0.391. The summed E-state index contributed by atoms with van der Waals surface area (Å²) in [6.07, 6.45) is 0.830. The van der Waals surface area contributed by atoms with Crippen LogP contribution in [0.25, 0.3) is 10.8 Å². The summed E-state index contributed by atoms with van der Waals surface area (Å²) >= 11 is 1.64. The van der Waals surface area contributed by atoms with Crippen LogP contribution in [0.3, 0.4) is 0 Å². The predicted molar refractivity (Wildman–Crippen MR) is 115 cm³/mol. The van der Waals surface area contributed by atoms with Gasteiger partial charge in [0.25, 0.3) is 5.79 Å². The fourth-order valence-corrected chi connectivity index (χ4v) is 4.25. The number of hydrogen-bond acceptors (Lipinski definition) is 7. The Labute approximate surface area is 184 Å². The number of aryl methyl sites for hydroxylation is 3. The van der Waals surface area contributed by atoms with E-state index in [0.29, 0.717) is 31.3 Å². The van der Waals surface area contributed by atoms with Crippen LogP contribution >= 0.6 is 11.3 Å². The number of benzene rings is 1. The summed E-state index contributed by atoms with van der Waals surface area (Å²) in [4.78, 5) is 18.5. The molecule has 8 heteroatoms. The molecule has 0 bridgehead atoms. The number of carboxylic acid groups (broad SMARTS) is 1. The topological polar surface area (TPSA) is 91.0 Å². The number of carbonyl (C=O) groups is 1. The average molecular weight is 444 g/mol. The van der Waals surface area contributed by atoms with Crippen LogP contribution in [0.15, 0.2) is 34.7 Å². The lowest BCUT2D eigenvalue weighted by Crippen LogP contribution is -2.49. The first kappa shape index (κ1) is 21.5. The molecular weight excluding hydrogens is 418 g/mol. The van der Waals surface area contributed by atoms with Gasteiger partial charge in [-0.2, -0.15) is 0 Å². The molecule has 0 unspecified atom stereocenters. The number of ether oxygens (including phenoxy) is 3. The summed E-state index contributed by atoms with van der Waals surface area (Å²) in [5.41, 5.74) is 2.49. The van der Waals surface area contributed by atoms with Crippen LogP contribution < -0.4 is 4.74 Å². The van der Waals surface area contributed by atoms with Crippen LogP contribution in [0.5, 0.6) is 5.75 Å². The van der Waals surface area contributed by atoms with Gasteiger partial charge in [0, 0.05) is 11.3 Å². The molecule has 3 aromatic rings. The predicted octanol–water partition coefficient (Wildman–Crippen LogP) is 4.67. The molecule has 0 amide bonds. The number of aromatic nitrogens is 1. The summed E-state index contributed by atoms with van der Waals surface area (Å²) < 4.78 is 22.7. The average Bonchev–Trinajstić information content (AvgIpc) is 3.34. The molecule has 0 atom stereocenters. The Balaban J connectivity index is 1.44. The first-order valence-corrected chi connectivity index (χ1v) is 10.9. The molecule has 0 radical (unpaired) electrons. The van der Waals surface area contributed by atoms with Crippen molar-refractivity contribution in [2.75, 3.05) is 13.2 Å². The number of thiophene rings is 1. The molecule has 1 fully saturated rings. The highest BCUT2D eigenvalue weighted by Crippen LogP contribution is 2.30. The highest BCUT2D eigenvalue weighted by Gasteiger charge is 2.43. The fourth-order valence-electron chi connectivity index (χ4n) is 3.45. The van der Waals surface area contributed by atoms with Gasteiger partial charge in [-0.1, -0.05) is 6.07 Å². The maximum Gasteiger partial charge on any atom is 0.364 e. The second-order valence-electron chi connectivity index (χ2n) is 7.59. The molecule has 1 saturated heterocycles. The van der Waals surface area contributed by atoms with Crippen molar-refractivity contribution in [1.29, 1.82) is 0 Å². The van der Waals surface area contributed by atoms with E-state index in [-0.39, 0.29) is 13.0 Å². The van der Waals surface area contributed by atoms with Crippen LogP contribution in [0, 0.1) is 20.8 Å². The van der Waals surface area contributed by atoms with Gasteiger partial charge in [0.05, 0.1) is 18.1 Å². The molecule has 7 nitrogen and oxygen atoms in total. The zero-order chi connectivity index (χ0) is 22.0. The first-order valence-electron chi connectivity index (χ1n) is 10.1. The molecule has 1 aliphatic rings. The summed E-state index contributed by atoms with van der Waals surface area (Å²) in [6, 6.07) is 9.60. The quantitative estimate of drug-likeness (QED) is 0.567. The third-order valence-electron chi connectivity index (χ3n) is 5.24. The molecular formula is C23H25NO6S. The molecule has 3 heterocycles. The maximum absolute atomic E-state index is 11.8. The minimum atomic E-state index is -1.63. The number of nitrogens with zero attached hydrogens (tertiary/aromatic N) is 1.